The molecular weight excluding hydrogens is 396 g/mol. The predicted octanol–water partition coefficient (Wildman–Crippen LogP) is 3.85. The molecule has 0 N–H and O–H groups in total. The number of hydrogen-bond acceptors (Lipinski definition) is 4. The van der Waals surface area contributed by atoms with Crippen molar-refractivity contribution in [2.24, 2.45) is 5.92 Å². The van der Waals surface area contributed by atoms with Crippen molar-refractivity contribution < 1.29 is 4.79 Å². The summed E-state index contributed by atoms with van der Waals surface area (Å²) >= 11 is 0. The molecule has 0 spiro atoms. The summed E-state index contributed by atoms with van der Waals surface area (Å²) in [7, 11) is 1.91. The average molecular weight is 435 g/mol. The maximum atomic E-state index is 12.9. The Morgan fingerprint density at radius 3 is 2.38 bits per heavy atom. The Morgan fingerprint density at radius 2 is 1.69 bits per heavy atom. The highest BCUT2D eigenvalue weighted by Gasteiger charge is 2.31. The van der Waals surface area contributed by atoms with E-state index in [0.717, 1.165) is 31.6 Å². The van der Waals surface area contributed by atoms with Crippen LogP contribution in [0.3, 0.4) is 0 Å². The van der Waals surface area contributed by atoms with Gasteiger partial charge in [0.15, 0.2) is 0 Å². The topological polar surface area (TPSA) is 39.7 Å². The van der Waals surface area contributed by atoms with Crippen LogP contribution in [0.25, 0.3) is 0 Å². The lowest BCUT2D eigenvalue weighted by molar-refractivity contribution is -0.136. The molecule has 0 atom stereocenters. The molecule has 0 saturated carbocycles. The molecule has 2 aliphatic rings. The Morgan fingerprint density at radius 1 is 0.969 bits per heavy atom. The van der Waals surface area contributed by atoms with Gasteiger partial charge in [-0.1, -0.05) is 36.4 Å². The van der Waals surface area contributed by atoms with Crippen molar-refractivity contribution in [1.82, 2.24) is 19.7 Å². The van der Waals surface area contributed by atoms with E-state index in [0.29, 0.717) is 12.6 Å². The first-order valence-electron chi connectivity index (χ1n) is 12.3. The number of likely N-dealkylation sites (tertiary alicyclic amines) is 2. The third-order valence-electron chi connectivity index (χ3n) is 7.24. The highest BCUT2D eigenvalue weighted by atomic mass is 16.2. The Balaban J connectivity index is 1.14. The molecule has 3 heterocycles. The zero-order valence-electron chi connectivity index (χ0n) is 19.5. The van der Waals surface area contributed by atoms with Crippen molar-refractivity contribution in [3.05, 3.63) is 66.0 Å². The molecule has 1 aromatic heterocycles. The molecule has 2 fully saturated rings. The molecule has 2 aliphatic heterocycles. The summed E-state index contributed by atoms with van der Waals surface area (Å²) in [6, 6.07) is 17.4. The zero-order chi connectivity index (χ0) is 22.2. The minimum Gasteiger partial charge on any atom is -0.340 e. The lowest BCUT2D eigenvalue weighted by atomic mass is 9.92. The van der Waals surface area contributed by atoms with Gasteiger partial charge in [0.2, 0.25) is 5.91 Å². The number of hydrogen-bond donors (Lipinski definition) is 0. The van der Waals surface area contributed by atoms with Crippen LogP contribution in [0.5, 0.6) is 0 Å². The number of carbonyl (C=O) groups excluding carboxylic acids is 1. The molecule has 0 radical (unpaired) electrons. The number of benzene rings is 1. The van der Waals surface area contributed by atoms with Gasteiger partial charge in [-0.05, 0) is 88.9 Å². The van der Waals surface area contributed by atoms with Crippen molar-refractivity contribution >= 4 is 5.91 Å². The number of rotatable bonds is 8. The normalized spacial score (nSPS) is 19.2. The molecule has 2 aromatic rings. The molecule has 0 bridgehead atoms. The fourth-order valence-corrected chi connectivity index (χ4v) is 5.30. The van der Waals surface area contributed by atoms with Crippen LogP contribution >= 0.6 is 0 Å². The van der Waals surface area contributed by atoms with Gasteiger partial charge in [0.25, 0.3) is 0 Å². The van der Waals surface area contributed by atoms with E-state index in [4.69, 9.17) is 0 Å². The van der Waals surface area contributed by atoms with E-state index in [1.165, 1.54) is 50.9 Å². The lowest BCUT2D eigenvalue weighted by Crippen LogP contribution is -2.49. The van der Waals surface area contributed by atoms with Crippen molar-refractivity contribution in [3.63, 3.8) is 0 Å². The summed E-state index contributed by atoms with van der Waals surface area (Å²) < 4.78 is 0. The lowest BCUT2D eigenvalue weighted by Gasteiger charge is -2.42. The summed E-state index contributed by atoms with van der Waals surface area (Å²) in [6.45, 7) is 6.36. The number of carbonyl (C=O) groups is 1. The molecule has 1 amide bonds. The van der Waals surface area contributed by atoms with Crippen LogP contribution < -0.4 is 0 Å². The Bertz CT molecular complexity index is 812. The first kappa shape index (κ1) is 22.9. The van der Waals surface area contributed by atoms with Gasteiger partial charge in [-0.3, -0.25) is 9.78 Å². The molecule has 5 heteroatoms. The largest absolute Gasteiger partial charge is 0.340 e. The van der Waals surface area contributed by atoms with Crippen LogP contribution in [0, 0.1) is 5.92 Å². The van der Waals surface area contributed by atoms with Gasteiger partial charge < -0.3 is 14.7 Å². The van der Waals surface area contributed by atoms with E-state index in [2.05, 4.69) is 45.1 Å². The number of nitrogens with zero attached hydrogens (tertiary/aromatic N) is 4. The summed E-state index contributed by atoms with van der Waals surface area (Å²) in [5.41, 5.74) is 2.40. The SMILES string of the molecule is CN(Cc1ccccn1)C(=O)C1CCN(C2CCN(CCCc3ccccc3)CC2)CC1. The fraction of sp³-hybridized carbons (Fsp3) is 0.556. The molecule has 4 rings (SSSR count). The van der Waals surface area contributed by atoms with E-state index in [1.807, 2.05) is 30.1 Å². The maximum absolute atomic E-state index is 12.9. The van der Waals surface area contributed by atoms with Crippen molar-refractivity contribution in [2.75, 3.05) is 39.8 Å². The molecule has 32 heavy (non-hydrogen) atoms. The molecular formula is C27H38N4O. The Kier molecular flexibility index (Phi) is 8.30. The van der Waals surface area contributed by atoms with Gasteiger partial charge in [-0.2, -0.15) is 0 Å². The monoisotopic (exact) mass is 434 g/mol. The van der Waals surface area contributed by atoms with E-state index in [9.17, 15) is 4.79 Å². The van der Waals surface area contributed by atoms with Gasteiger partial charge in [0, 0.05) is 25.2 Å². The van der Waals surface area contributed by atoms with Gasteiger partial charge >= 0.3 is 0 Å². The van der Waals surface area contributed by atoms with Crippen molar-refractivity contribution in [3.8, 4) is 0 Å². The number of piperidine rings is 2. The third kappa shape index (κ3) is 6.39. The number of pyridine rings is 1. The predicted molar refractivity (Wildman–Crippen MR) is 129 cm³/mol. The standard InChI is InChI=1S/C27H38N4O/c1-29(22-25-11-5-6-16-28-25)27(32)24-12-20-31(21-13-24)26-14-18-30(19-15-26)17-7-10-23-8-3-2-4-9-23/h2-6,8-9,11,16,24,26H,7,10,12-15,17-22H2,1H3. The number of amides is 1. The van der Waals surface area contributed by atoms with Crippen molar-refractivity contribution in [1.29, 1.82) is 0 Å². The summed E-state index contributed by atoms with van der Waals surface area (Å²) in [6.07, 6.45) is 8.73. The molecule has 5 nitrogen and oxygen atoms in total. The first-order chi connectivity index (χ1) is 15.7. The highest BCUT2D eigenvalue weighted by molar-refractivity contribution is 5.78. The van der Waals surface area contributed by atoms with E-state index in [-0.39, 0.29) is 11.8 Å². The fourth-order valence-electron chi connectivity index (χ4n) is 5.30. The Labute approximate surface area is 193 Å². The molecule has 1 aromatic carbocycles. The third-order valence-corrected chi connectivity index (χ3v) is 7.24. The molecule has 172 valence electrons. The zero-order valence-corrected chi connectivity index (χ0v) is 19.5. The van der Waals surface area contributed by atoms with Crippen LogP contribution in [-0.4, -0.2) is 71.4 Å². The first-order valence-corrected chi connectivity index (χ1v) is 12.3. The second-order valence-electron chi connectivity index (χ2n) is 9.49. The summed E-state index contributed by atoms with van der Waals surface area (Å²) in [5.74, 6) is 0.446. The van der Waals surface area contributed by atoms with Gasteiger partial charge in [0.1, 0.15) is 0 Å². The number of aryl methyl sites for hydroxylation is 1. The Hall–Kier alpha value is -2.24. The van der Waals surface area contributed by atoms with Crippen LogP contribution in [0.1, 0.15) is 43.4 Å². The number of aromatic nitrogens is 1. The van der Waals surface area contributed by atoms with Crippen LogP contribution in [0.4, 0.5) is 0 Å². The molecule has 0 unspecified atom stereocenters. The maximum Gasteiger partial charge on any atom is 0.225 e. The van der Waals surface area contributed by atoms with Gasteiger partial charge in [0.05, 0.1) is 12.2 Å². The van der Waals surface area contributed by atoms with E-state index < -0.39 is 0 Å². The average Bonchev–Trinajstić information content (AvgIpc) is 2.85. The van der Waals surface area contributed by atoms with Crippen LogP contribution in [0.15, 0.2) is 54.7 Å². The quantitative estimate of drug-likeness (QED) is 0.633. The van der Waals surface area contributed by atoms with Crippen molar-refractivity contribution in [2.45, 2.75) is 51.1 Å². The molecule has 0 aliphatic carbocycles. The van der Waals surface area contributed by atoms with Crippen LogP contribution in [-0.2, 0) is 17.8 Å². The summed E-state index contributed by atoms with van der Waals surface area (Å²) in [4.78, 5) is 24.4. The minimum absolute atomic E-state index is 0.165. The highest BCUT2D eigenvalue weighted by Crippen LogP contribution is 2.25. The van der Waals surface area contributed by atoms with E-state index in [1.54, 1.807) is 6.20 Å². The van der Waals surface area contributed by atoms with Gasteiger partial charge in [-0.25, -0.2) is 0 Å². The summed E-state index contributed by atoms with van der Waals surface area (Å²) in [5, 5.41) is 0. The smallest absolute Gasteiger partial charge is 0.225 e. The van der Waals surface area contributed by atoms with Gasteiger partial charge in [-0.15, -0.1) is 0 Å². The van der Waals surface area contributed by atoms with Crippen LogP contribution in [0.2, 0.25) is 0 Å². The van der Waals surface area contributed by atoms with E-state index >= 15 is 0 Å². The second kappa shape index (κ2) is 11.6. The minimum atomic E-state index is 0.165. The second-order valence-corrected chi connectivity index (χ2v) is 9.49. The molecule has 2 saturated heterocycles.